The first-order valence-electron chi connectivity index (χ1n) is 13.4. The van der Waals surface area contributed by atoms with Crippen LogP contribution in [0.15, 0.2) is 133 Å². The van der Waals surface area contributed by atoms with Gasteiger partial charge < -0.3 is 9.47 Å². The molecular weight excluding hydrogens is 480 g/mol. The molecule has 0 fully saturated rings. The van der Waals surface area contributed by atoms with Crippen LogP contribution in [0.1, 0.15) is 34.3 Å². The van der Waals surface area contributed by atoms with Gasteiger partial charge >= 0.3 is 0 Å². The van der Waals surface area contributed by atoms with Crippen molar-refractivity contribution in [1.29, 1.82) is 0 Å². The predicted octanol–water partition coefficient (Wildman–Crippen LogP) is 8.12. The largest absolute Gasteiger partial charge is 0.457 e. The van der Waals surface area contributed by atoms with Crippen LogP contribution in [0.4, 0.5) is 0 Å². The third kappa shape index (κ3) is 4.89. The van der Waals surface area contributed by atoms with E-state index in [-0.39, 0.29) is 12.1 Å². The maximum absolute atomic E-state index is 6.16. The third-order valence-electron chi connectivity index (χ3n) is 7.45. The summed E-state index contributed by atoms with van der Waals surface area (Å²) in [5.41, 5.74) is 5.07. The highest BCUT2D eigenvalue weighted by molar-refractivity contribution is 5.55. The Kier molecular flexibility index (Phi) is 6.06. The lowest BCUT2D eigenvalue weighted by atomic mass is 9.92. The van der Waals surface area contributed by atoms with Gasteiger partial charge in [-0.25, -0.2) is 0 Å². The lowest BCUT2D eigenvalue weighted by molar-refractivity contribution is -0.578. The second kappa shape index (κ2) is 10.1. The lowest BCUT2D eigenvalue weighted by Gasteiger charge is -2.24. The SMILES string of the molecule is C1=[N+]2Cc3ccc(cc3)Oc3cccc(c3)Oc3ccc(cc3)CN1[C@H](c1ccccc1)[C@H]2c1ccccc1. The standard InChI is InChI=1S/C35H29N2O2/c1-3-8-28(9-4-1)34-35(29-10-5-2-6-11-29)37-24-27-16-20-31(21-17-27)39-33-13-7-12-32(22-33)38-30-18-14-26(15-19-30)23-36(34)25-37/h1-22,25,34-35H,23-24H2/q+1/t34-,35-/m1/s1. The van der Waals surface area contributed by atoms with Gasteiger partial charge in [0.1, 0.15) is 36.1 Å². The number of rotatable bonds is 2. The van der Waals surface area contributed by atoms with E-state index in [9.17, 15) is 0 Å². The molecule has 0 saturated heterocycles. The minimum Gasteiger partial charge on any atom is -0.457 e. The number of hydrogen-bond donors (Lipinski definition) is 0. The quantitative estimate of drug-likeness (QED) is 0.225. The Morgan fingerprint density at radius 2 is 1.10 bits per heavy atom. The molecule has 5 aliphatic rings. The van der Waals surface area contributed by atoms with Crippen LogP contribution in [0.5, 0.6) is 23.0 Å². The second-order valence-corrected chi connectivity index (χ2v) is 10.1. The summed E-state index contributed by atoms with van der Waals surface area (Å²) in [6, 6.07) is 46.6. The van der Waals surface area contributed by atoms with Crippen molar-refractivity contribution in [2.24, 2.45) is 0 Å². The lowest BCUT2D eigenvalue weighted by Crippen LogP contribution is -2.26. The summed E-state index contributed by atoms with van der Waals surface area (Å²) in [4.78, 5) is 2.48. The first kappa shape index (κ1) is 23.3. The topological polar surface area (TPSA) is 24.7 Å². The van der Waals surface area contributed by atoms with E-state index in [1.54, 1.807) is 0 Å². The highest BCUT2D eigenvalue weighted by Crippen LogP contribution is 2.41. The summed E-state index contributed by atoms with van der Waals surface area (Å²) in [5, 5.41) is 0. The molecule has 4 heteroatoms. The zero-order valence-corrected chi connectivity index (χ0v) is 21.6. The molecule has 0 aliphatic carbocycles. The summed E-state index contributed by atoms with van der Waals surface area (Å²) < 4.78 is 14.8. The van der Waals surface area contributed by atoms with Crippen LogP contribution in [-0.4, -0.2) is 15.8 Å². The highest BCUT2D eigenvalue weighted by Gasteiger charge is 2.43. The van der Waals surface area contributed by atoms with Gasteiger partial charge in [0.2, 0.25) is 6.34 Å². The normalized spacial score (nSPS) is 18.1. The van der Waals surface area contributed by atoms with Crippen LogP contribution in [0.2, 0.25) is 0 Å². The van der Waals surface area contributed by atoms with E-state index in [0.717, 1.165) is 36.1 Å². The van der Waals surface area contributed by atoms with Crippen molar-refractivity contribution in [2.45, 2.75) is 25.2 Å². The van der Waals surface area contributed by atoms with Crippen molar-refractivity contribution in [3.63, 3.8) is 0 Å². The van der Waals surface area contributed by atoms with Crippen LogP contribution in [0.3, 0.4) is 0 Å². The van der Waals surface area contributed by atoms with Gasteiger partial charge in [-0.2, -0.15) is 0 Å². The Morgan fingerprint density at radius 3 is 1.72 bits per heavy atom. The van der Waals surface area contributed by atoms with Gasteiger partial charge in [0.15, 0.2) is 12.1 Å². The van der Waals surface area contributed by atoms with Crippen LogP contribution >= 0.6 is 0 Å². The highest BCUT2D eigenvalue weighted by atomic mass is 16.5. The summed E-state index contributed by atoms with van der Waals surface area (Å²) in [6.45, 7) is 1.59. The van der Waals surface area contributed by atoms with E-state index in [1.165, 1.54) is 22.3 Å². The molecule has 8 bridgehead atoms. The zero-order chi connectivity index (χ0) is 26.0. The summed E-state index contributed by atoms with van der Waals surface area (Å²) in [7, 11) is 0. The fourth-order valence-electron chi connectivity index (χ4n) is 5.64. The first-order valence-corrected chi connectivity index (χ1v) is 13.4. The van der Waals surface area contributed by atoms with E-state index < -0.39 is 0 Å². The molecule has 4 nitrogen and oxygen atoms in total. The maximum atomic E-state index is 6.16. The average Bonchev–Trinajstić information content (AvgIpc) is 3.33. The molecule has 0 unspecified atom stereocenters. The summed E-state index contributed by atoms with van der Waals surface area (Å²) >= 11 is 0. The monoisotopic (exact) mass is 509 g/mol. The fourth-order valence-corrected chi connectivity index (χ4v) is 5.64. The van der Waals surface area contributed by atoms with Crippen molar-refractivity contribution in [1.82, 2.24) is 4.90 Å². The maximum Gasteiger partial charge on any atom is 0.236 e. The summed E-state index contributed by atoms with van der Waals surface area (Å²) in [5.74, 6) is 3.10. The van der Waals surface area contributed by atoms with Crippen molar-refractivity contribution in [3.05, 3.63) is 156 Å². The molecule has 2 atom stereocenters. The van der Waals surface area contributed by atoms with Crippen LogP contribution in [-0.2, 0) is 13.1 Å². The first-order chi connectivity index (χ1) is 19.3. The van der Waals surface area contributed by atoms with Gasteiger partial charge in [-0.15, -0.1) is 0 Å². The van der Waals surface area contributed by atoms with Crippen molar-refractivity contribution >= 4 is 6.34 Å². The van der Waals surface area contributed by atoms with Gasteiger partial charge in [-0.1, -0.05) is 91.0 Å². The van der Waals surface area contributed by atoms with Crippen molar-refractivity contribution in [3.8, 4) is 23.0 Å². The average molecular weight is 510 g/mol. The zero-order valence-electron chi connectivity index (χ0n) is 21.6. The van der Waals surface area contributed by atoms with Gasteiger partial charge in [-0.05, 0) is 47.5 Å². The molecule has 5 aromatic carbocycles. The number of ether oxygens (including phenoxy) is 2. The van der Waals surface area contributed by atoms with Crippen LogP contribution < -0.4 is 9.47 Å². The second-order valence-electron chi connectivity index (χ2n) is 10.1. The number of nitrogens with zero attached hydrogens (tertiary/aromatic N) is 2. The van der Waals surface area contributed by atoms with Crippen LogP contribution in [0, 0.1) is 0 Å². The van der Waals surface area contributed by atoms with E-state index in [2.05, 4.69) is 101 Å². The molecule has 10 rings (SSSR count). The van der Waals surface area contributed by atoms with Crippen molar-refractivity contribution < 1.29 is 14.0 Å². The van der Waals surface area contributed by atoms with E-state index in [0.29, 0.717) is 0 Å². The smallest absolute Gasteiger partial charge is 0.236 e. The molecule has 39 heavy (non-hydrogen) atoms. The van der Waals surface area contributed by atoms with Gasteiger partial charge in [-0.3, -0.25) is 9.48 Å². The Morgan fingerprint density at radius 1 is 0.538 bits per heavy atom. The molecule has 0 amide bonds. The van der Waals surface area contributed by atoms with Crippen LogP contribution in [0.25, 0.3) is 0 Å². The third-order valence-corrected chi connectivity index (χ3v) is 7.45. The Balaban J connectivity index is 1.34. The minimum absolute atomic E-state index is 0.163. The number of hydrogen-bond acceptors (Lipinski definition) is 3. The molecule has 0 aromatic heterocycles. The Hall–Kier alpha value is -4.83. The molecular formula is C35H29N2O2+. The molecule has 0 radical (unpaired) electrons. The number of benzene rings is 5. The molecule has 5 aliphatic heterocycles. The molecule has 190 valence electrons. The molecule has 5 aromatic rings. The van der Waals surface area contributed by atoms with Crippen molar-refractivity contribution in [2.75, 3.05) is 0 Å². The Bertz CT molecular complexity index is 1600. The minimum atomic E-state index is 0.163. The van der Waals surface area contributed by atoms with E-state index in [4.69, 9.17) is 9.47 Å². The molecule has 0 spiro atoms. The molecule has 0 saturated carbocycles. The molecule has 5 heterocycles. The van der Waals surface area contributed by atoms with Gasteiger partial charge in [0, 0.05) is 17.2 Å². The summed E-state index contributed by atoms with van der Waals surface area (Å²) in [6.07, 6.45) is 2.32. The van der Waals surface area contributed by atoms with Gasteiger partial charge in [0.25, 0.3) is 0 Å². The van der Waals surface area contributed by atoms with Gasteiger partial charge in [0.05, 0.1) is 0 Å². The Labute approximate surface area is 229 Å². The van der Waals surface area contributed by atoms with E-state index in [1.807, 2.05) is 48.5 Å². The van der Waals surface area contributed by atoms with E-state index >= 15 is 0 Å². The predicted molar refractivity (Wildman–Crippen MR) is 153 cm³/mol. The molecule has 0 N–H and O–H groups in total. The fraction of sp³-hybridized carbons (Fsp3) is 0.114.